The molecule has 0 spiro atoms. The third-order valence-corrected chi connectivity index (χ3v) is 4.82. The van der Waals surface area contributed by atoms with Gasteiger partial charge in [0.1, 0.15) is 0 Å². The van der Waals surface area contributed by atoms with Crippen LogP contribution in [0.25, 0.3) is 0 Å². The standard InChI is InChI=1S/C18H27NO2/c1-14(15-7-5-4-6-8-15)16(20)19-13-18(21)11-9-17(2,3)10-12-18/h4-8,14,21H,9-13H2,1-3H3,(H,19,20). The molecule has 1 saturated carbocycles. The quantitative estimate of drug-likeness (QED) is 0.894. The van der Waals surface area contributed by atoms with Crippen molar-refractivity contribution >= 4 is 5.91 Å². The predicted molar refractivity (Wildman–Crippen MR) is 85.1 cm³/mol. The van der Waals surface area contributed by atoms with Crippen LogP contribution in [0.15, 0.2) is 30.3 Å². The molecule has 1 unspecified atom stereocenters. The van der Waals surface area contributed by atoms with E-state index in [9.17, 15) is 9.90 Å². The molecule has 3 heteroatoms. The molecule has 1 fully saturated rings. The SMILES string of the molecule is CC(C(=O)NCC1(O)CCC(C)(C)CC1)c1ccccc1. The smallest absolute Gasteiger partial charge is 0.227 e. The molecule has 1 aromatic rings. The highest BCUT2D eigenvalue weighted by Crippen LogP contribution is 2.39. The summed E-state index contributed by atoms with van der Waals surface area (Å²) >= 11 is 0. The summed E-state index contributed by atoms with van der Waals surface area (Å²) in [6, 6.07) is 9.75. The topological polar surface area (TPSA) is 49.3 Å². The summed E-state index contributed by atoms with van der Waals surface area (Å²) in [5.74, 6) is -0.200. The van der Waals surface area contributed by atoms with E-state index in [0.29, 0.717) is 12.0 Å². The Balaban J connectivity index is 1.87. The van der Waals surface area contributed by atoms with Gasteiger partial charge in [0.25, 0.3) is 0 Å². The van der Waals surface area contributed by atoms with Crippen LogP contribution in [0.4, 0.5) is 0 Å². The molecular weight excluding hydrogens is 262 g/mol. The zero-order valence-corrected chi connectivity index (χ0v) is 13.4. The fourth-order valence-electron chi connectivity index (χ4n) is 2.87. The Labute approximate surface area is 127 Å². The molecule has 0 aliphatic heterocycles. The lowest BCUT2D eigenvalue weighted by atomic mass is 9.71. The molecule has 3 nitrogen and oxygen atoms in total. The van der Waals surface area contributed by atoms with Gasteiger partial charge in [0.05, 0.1) is 11.5 Å². The second kappa shape index (κ2) is 6.18. The average molecular weight is 289 g/mol. The summed E-state index contributed by atoms with van der Waals surface area (Å²) < 4.78 is 0. The Morgan fingerprint density at radius 1 is 1.19 bits per heavy atom. The molecule has 0 bridgehead atoms. The number of hydrogen-bond acceptors (Lipinski definition) is 2. The lowest BCUT2D eigenvalue weighted by molar-refractivity contribution is -0.124. The van der Waals surface area contributed by atoms with E-state index in [-0.39, 0.29) is 11.8 Å². The zero-order valence-electron chi connectivity index (χ0n) is 13.4. The van der Waals surface area contributed by atoms with Gasteiger partial charge in [-0.05, 0) is 43.6 Å². The fourth-order valence-corrected chi connectivity index (χ4v) is 2.87. The van der Waals surface area contributed by atoms with Gasteiger partial charge < -0.3 is 10.4 Å². The summed E-state index contributed by atoms with van der Waals surface area (Å²) in [6.45, 7) is 6.74. The Bertz CT molecular complexity index is 471. The molecule has 21 heavy (non-hydrogen) atoms. The number of amides is 1. The van der Waals surface area contributed by atoms with Crippen molar-refractivity contribution in [2.45, 2.75) is 58.0 Å². The van der Waals surface area contributed by atoms with Gasteiger partial charge in [-0.15, -0.1) is 0 Å². The Morgan fingerprint density at radius 3 is 2.33 bits per heavy atom. The van der Waals surface area contributed by atoms with Crippen molar-refractivity contribution in [3.05, 3.63) is 35.9 Å². The Morgan fingerprint density at radius 2 is 1.76 bits per heavy atom. The number of benzene rings is 1. The van der Waals surface area contributed by atoms with Crippen LogP contribution in [0.2, 0.25) is 0 Å². The summed E-state index contributed by atoms with van der Waals surface area (Å²) in [6.07, 6.45) is 3.54. The van der Waals surface area contributed by atoms with Gasteiger partial charge in [-0.1, -0.05) is 44.2 Å². The van der Waals surface area contributed by atoms with Crippen LogP contribution in [0, 0.1) is 5.41 Å². The van der Waals surface area contributed by atoms with Crippen LogP contribution in [-0.2, 0) is 4.79 Å². The number of hydrogen-bond donors (Lipinski definition) is 2. The second-order valence-electron chi connectivity index (χ2n) is 7.24. The highest BCUT2D eigenvalue weighted by atomic mass is 16.3. The summed E-state index contributed by atoms with van der Waals surface area (Å²) in [4.78, 5) is 12.2. The maximum atomic E-state index is 12.2. The third kappa shape index (κ3) is 4.31. The van der Waals surface area contributed by atoms with Crippen molar-refractivity contribution in [3.8, 4) is 0 Å². The van der Waals surface area contributed by atoms with Crippen LogP contribution in [0.5, 0.6) is 0 Å². The van der Waals surface area contributed by atoms with Crippen LogP contribution in [0.3, 0.4) is 0 Å². The summed E-state index contributed by atoms with van der Waals surface area (Å²) in [5.41, 5.74) is 0.585. The van der Waals surface area contributed by atoms with Crippen LogP contribution in [0.1, 0.15) is 57.9 Å². The molecule has 1 aromatic carbocycles. The lowest BCUT2D eigenvalue weighted by Gasteiger charge is -2.40. The highest BCUT2D eigenvalue weighted by Gasteiger charge is 2.37. The minimum Gasteiger partial charge on any atom is -0.388 e. The van der Waals surface area contributed by atoms with E-state index in [1.165, 1.54) is 0 Å². The van der Waals surface area contributed by atoms with E-state index in [4.69, 9.17) is 0 Å². The van der Waals surface area contributed by atoms with Gasteiger partial charge in [0.2, 0.25) is 5.91 Å². The first kappa shape index (κ1) is 16.0. The molecule has 1 amide bonds. The first-order chi connectivity index (χ1) is 9.81. The van der Waals surface area contributed by atoms with Crippen LogP contribution in [-0.4, -0.2) is 23.2 Å². The molecule has 1 atom stereocenters. The first-order valence-corrected chi connectivity index (χ1v) is 7.86. The molecule has 0 aromatic heterocycles. The molecule has 0 radical (unpaired) electrons. The van der Waals surface area contributed by atoms with E-state index in [1.54, 1.807) is 0 Å². The molecule has 2 N–H and O–H groups in total. The van der Waals surface area contributed by atoms with E-state index in [2.05, 4.69) is 19.2 Å². The summed E-state index contributed by atoms with van der Waals surface area (Å²) in [7, 11) is 0. The number of nitrogens with one attached hydrogen (secondary N) is 1. The van der Waals surface area contributed by atoms with Crippen molar-refractivity contribution in [1.82, 2.24) is 5.32 Å². The fraction of sp³-hybridized carbons (Fsp3) is 0.611. The maximum Gasteiger partial charge on any atom is 0.227 e. The molecule has 116 valence electrons. The van der Waals surface area contributed by atoms with E-state index in [0.717, 1.165) is 31.2 Å². The van der Waals surface area contributed by atoms with Crippen LogP contribution >= 0.6 is 0 Å². The van der Waals surface area contributed by atoms with E-state index >= 15 is 0 Å². The minimum absolute atomic E-state index is 0.0144. The van der Waals surface area contributed by atoms with Gasteiger partial charge in [0, 0.05) is 6.54 Å². The average Bonchev–Trinajstić information content (AvgIpc) is 2.49. The zero-order chi connectivity index (χ0) is 15.5. The molecule has 0 saturated heterocycles. The predicted octanol–water partition coefficient (Wildman–Crippen LogP) is 3.24. The number of aliphatic hydroxyl groups is 1. The molecule has 2 rings (SSSR count). The normalized spacial score (nSPS) is 21.5. The van der Waals surface area contributed by atoms with E-state index < -0.39 is 5.60 Å². The van der Waals surface area contributed by atoms with E-state index in [1.807, 2.05) is 37.3 Å². The number of carbonyl (C=O) groups is 1. The van der Waals surface area contributed by atoms with Crippen molar-refractivity contribution in [1.29, 1.82) is 0 Å². The van der Waals surface area contributed by atoms with Gasteiger partial charge in [-0.2, -0.15) is 0 Å². The van der Waals surface area contributed by atoms with Gasteiger partial charge in [-0.3, -0.25) is 4.79 Å². The van der Waals surface area contributed by atoms with Gasteiger partial charge in [0.15, 0.2) is 0 Å². The largest absolute Gasteiger partial charge is 0.388 e. The monoisotopic (exact) mass is 289 g/mol. The third-order valence-electron chi connectivity index (χ3n) is 4.82. The van der Waals surface area contributed by atoms with Crippen LogP contribution < -0.4 is 5.32 Å². The van der Waals surface area contributed by atoms with Crippen molar-refractivity contribution in [2.75, 3.05) is 6.54 Å². The minimum atomic E-state index is -0.735. The Hall–Kier alpha value is -1.35. The molecule has 1 aliphatic rings. The highest BCUT2D eigenvalue weighted by molar-refractivity contribution is 5.83. The van der Waals surface area contributed by atoms with Gasteiger partial charge in [-0.25, -0.2) is 0 Å². The maximum absolute atomic E-state index is 12.2. The second-order valence-corrected chi connectivity index (χ2v) is 7.24. The van der Waals surface area contributed by atoms with Crippen molar-refractivity contribution < 1.29 is 9.90 Å². The first-order valence-electron chi connectivity index (χ1n) is 7.86. The van der Waals surface area contributed by atoms with Gasteiger partial charge >= 0.3 is 0 Å². The molecular formula is C18H27NO2. The lowest BCUT2D eigenvalue weighted by Crippen LogP contribution is -2.47. The molecule has 0 heterocycles. The summed E-state index contributed by atoms with van der Waals surface area (Å²) in [5, 5.41) is 13.5. The van der Waals surface area contributed by atoms with Crippen molar-refractivity contribution in [2.24, 2.45) is 5.41 Å². The van der Waals surface area contributed by atoms with Crippen molar-refractivity contribution in [3.63, 3.8) is 0 Å². The number of carbonyl (C=O) groups excluding carboxylic acids is 1. The number of rotatable bonds is 4. The Kier molecular flexibility index (Phi) is 4.72. The molecule has 1 aliphatic carbocycles.